The molecular formula is C19H29N7O. The van der Waals surface area contributed by atoms with Crippen LogP contribution in [0.2, 0.25) is 0 Å². The Morgan fingerprint density at radius 3 is 2.93 bits per heavy atom. The molecule has 2 aromatic heterocycles. The second-order valence-corrected chi connectivity index (χ2v) is 7.70. The van der Waals surface area contributed by atoms with E-state index in [2.05, 4.69) is 30.5 Å². The average Bonchev–Trinajstić information content (AvgIpc) is 3.37. The van der Waals surface area contributed by atoms with Crippen LogP contribution in [0.15, 0.2) is 18.6 Å². The highest BCUT2D eigenvalue weighted by Gasteiger charge is 2.20. The van der Waals surface area contributed by atoms with Crippen LogP contribution in [0.5, 0.6) is 0 Å². The number of amides is 1. The normalized spacial score (nSPS) is 21.3. The molecular weight excluding hydrogens is 342 g/mol. The SMILES string of the molecule is O=C(Cn1ccc([C@H]2CCCNC2)n1)NCc1nncn1C1CCCCC1. The molecule has 0 aromatic carbocycles. The van der Waals surface area contributed by atoms with Gasteiger partial charge in [0.1, 0.15) is 12.9 Å². The number of piperidine rings is 1. The van der Waals surface area contributed by atoms with E-state index in [4.69, 9.17) is 0 Å². The summed E-state index contributed by atoms with van der Waals surface area (Å²) < 4.78 is 3.87. The highest BCUT2D eigenvalue weighted by Crippen LogP contribution is 2.28. The van der Waals surface area contributed by atoms with Crippen LogP contribution in [-0.2, 0) is 17.9 Å². The largest absolute Gasteiger partial charge is 0.347 e. The minimum absolute atomic E-state index is 0.0513. The topological polar surface area (TPSA) is 89.7 Å². The molecule has 2 N–H and O–H groups in total. The molecule has 2 fully saturated rings. The summed E-state index contributed by atoms with van der Waals surface area (Å²) in [7, 11) is 0. The molecule has 2 aromatic rings. The van der Waals surface area contributed by atoms with E-state index in [0.29, 0.717) is 18.5 Å². The zero-order valence-corrected chi connectivity index (χ0v) is 15.8. The van der Waals surface area contributed by atoms with Crippen molar-refractivity contribution in [2.24, 2.45) is 0 Å². The Morgan fingerprint density at radius 1 is 1.22 bits per heavy atom. The first-order chi connectivity index (χ1) is 13.3. The summed E-state index contributed by atoms with van der Waals surface area (Å²) in [5, 5.41) is 19.2. The predicted octanol–water partition coefficient (Wildman–Crippen LogP) is 1.76. The van der Waals surface area contributed by atoms with Gasteiger partial charge in [0.25, 0.3) is 0 Å². The van der Waals surface area contributed by atoms with E-state index >= 15 is 0 Å². The van der Waals surface area contributed by atoms with Crippen LogP contribution < -0.4 is 10.6 Å². The standard InChI is InChI=1S/C19H29N7O/c27-19(13-25-10-8-17(24-25)15-5-4-9-20-11-15)21-12-18-23-22-14-26(18)16-6-2-1-3-7-16/h8,10,14-16,20H,1-7,9,11-13H2,(H,21,27)/t15-/m0/s1. The first kappa shape index (κ1) is 18.2. The van der Waals surface area contributed by atoms with E-state index in [-0.39, 0.29) is 12.5 Å². The molecule has 1 saturated heterocycles. The minimum Gasteiger partial charge on any atom is -0.347 e. The number of rotatable bonds is 6. The molecule has 0 spiro atoms. The summed E-state index contributed by atoms with van der Waals surface area (Å²) in [6.07, 6.45) is 12.2. The van der Waals surface area contributed by atoms with Crippen molar-refractivity contribution < 1.29 is 4.79 Å². The summed E-state index contributed by atoms with van der Waals surface area (Å²) in [5.41, 5.74) is 1.08. The van der Waals surface area contributed by atoms with Gasteiger partial charge in [-0.2, -0.15) is 5.10 Å². The van der Waals surface area contributed by atoms with Gasteiger partial charge in [0.2, 0.25) is 5.91 Å². The van der Waals surface area contributed by atoms with Crippen molar-refractivity contribution in [1.29, 1.82) is 0 Å². The molecule has 0 radical (unpaired) electrons. The van der Waals surface area contributed by atoms with Gasteiger partial charge in [-0.05, 0) is 38.3 Å². The van der Waals surface area contributed by atoms with Crippen LogP contribution in [0.25, 0.3) is 0 Å². The third kappa shape index (κ3) is 4.55. The molecule has 4 rings (SSSR count). The van der Waals surface area contributed by atoms with Gasteiger partial charge in [0, 0.05) is 24.7 Å². The Balaban J connectivity index is 1.29. The molecule has 8 heteroatoms. The fourth-order valence-electron chi connectivity index (χ4n) is 4.23. The van der Waals surface area contributed by atoms with Crippen LogP contribution in [0.4, 0.5) is 0 Å². The Bertz CT molecular complexity index is 741. The maximum absolute atomic E-state index is 12.3. The van der Waals surface area contributed by atoms with Gasteiger partial charge in [-0.25, -0.2) is 0 Å². The number of hydrogen-bond acceptors (Lipinski definition) is 5. The van der Waals surface area contributed by atoms with Gasteiger partial charge in [-0.1, -0.05) is 19.3 Å². The van der Waals surface area contributed by atoms with Crippen molar-refractivity contribution in [3.05, 3.63) is 30.1 Å². The lowest BCUT2D eigenvalue weighted by Gasteiger charge is -2.24. The fraction of sp³-hybridized carbons (Fsp3) is 0.684. The summed E-state index contributed by atoms with van der Waals surface area (Å²) in [6, 6.07) is 2.50. The van der Waals surface area contributed by atoms with Crippen molar-refractivity contribution in [2.75, 3.05) is 13.1 Å². The Kier molecular flexibility index (Phi) is 5.81. The van der Waals surface area contributed by atoms with E-state index in [0.717, 1.165) is 31.0 Å². The van der Waals surface area contributed by atoms with Crippen molar-refractivity contribution in [3.8, 4) is 0 Å². The fourth-order valence-corrected chi connectivity index (χ4v) is 4.23. The van der Waals surface area contributed by atoms with Crippen LogP contribution in [-0.4, -0.2) is 43.5 Å². The van der Waals surface area contributed by atoms with Crippen LogP contribution >= 0.6 is 0 Å². The van der Waals surface area contributed by atoms with Gasteiger partial charge in [0.15, 0.2) is 5.82 Å². The highest BCUT2D eigenvalue weighted by molar-refractivity contribution is 5.75. The Morgan fingerprint density at radius 2 is 2.11 bits per heavy atom. The quantitative estimate of drug-likeness (QED) is 0.808. The van der Waals surface area contributed by atoms with Crippen LogP contribution in [0.3, 0.4) is 0 Å². The second kappa shape index (κ2) is 8.65. The highest BCUT2D eigenvalue weighted by atomic mass is 16.2. The third-order valence-electron chi connectivity index (χ3n) is 5.74. The number of carbonyl (C=O) groups excluding carboxylic acids is 1. The second-order valence-electron chi connectivity index (χ2n) is 7.70. The van der Waals surface area contributed by atoms with Gasteiger partial charge >= 0.3 is 0 Å². The number of nitrogens with zero attached hydrogens (tertiary/aromatic N) is 5. The summed E-state index contributed by atoms with van der Waals surface area (Å²) >= 11 is 0. The zero-order chi connectivity index (χ0) is 18.5. The molecule has 3 heterocycles. The Labute approximate surface area is 159 Å². The lowest BCUT2D eigenvalue weighted by molar-refractivity contribution is -0.122. The van der Waals surface area contributed by atoms with E-state index in [9.17, 15) is 4.79 Å². The van der Waals surface area contributed by atoms with Gasteiger partial charge in [-0.3, -0.25) is 9.48 Å². The molecule has 0 bridgehead atoms. The molecule has 1 aliphatic carbocycles. The molecule has 27 heavy (non-hydrogen) atoms. The van der Waals surface area contributed by atoms with Crippen molar-refractivity contribution in [1.82, 2.24) is 35.2 Å². The van der Waals surface area contributed by atoms with Crippen molar-refractivity contribution in [3.63, 3.8) is 0 Å². The third-order valence-corrected chi connectivity index (χ3v) is 5.74. The number of carbonyl (C=O) groups is 1. The first-order valence-corrected chi connectivity index (χ1v) is 10.2. The lowest BCUT2D eigenvalue weighted by Crippen LogP contribution is -2.30. The van der Waals surface area contributed by atoms with Crippen molar-refractivity contribution >= 4 is 5.91 Å². The van der Waals surface area contributed by atoms with Crippen molar-refractivity contribution in [2.45, 2.75) is 70.0 Å². The maximum Gasteiger partial charge on any atom is 0.242 e. The molecule has 1 amide bonds. The number of aromatic nitrogens is 5. The first-order valence-electron chi connectivity index (χ1n) is 10.2. The summed E-state index contributed by atoms with van der Waals surface area (Å²) in [6.45, 7) is 2.71. The zero-order valence-electron chi connectivity index (χ0n) is 15.8. The molecule has 2 aliphatic rings. The lowest BCUT2D eigenvalue weighted by atomic mass is 9.95. The van der Waals surface area contributed by atoms with Crippen LogP contribution in [0.1, 0.15) is 68.4 Å². The van der Waals surface area contributed by atoms with Gasteiger partial charge in [-0.15, -0.1) is 10.2 Å². The molecule has 8 nitrogen and oxygen atoms in total. The number of hydrogen-bond donors (Lipinski definition) is 2. The minimum atomic E-state index is -0.0513. The molecule has 1 atom stereocenters. The van der Waals surface area contributed by atoms with E-state index < -0.39 is 0 Å². The summed E-state index contributed by atoms with van der Waals surface area (Å²) in [5.74, 6) is 1.24. The Hall–Kier alpha value is -2.22. The molecule has 146 valence electrons. The van der Waals surface area contributed by atoms with Gasteiger partial charge < -0.3 is 15.2 Å². The van der Waals surface area contributed by atoms with E-state index in [1.165, 1.54) is 38.5 Å². The maximum atomic E-state index is 12.3. The van der Waals surface area contributed by atoms with Gasteiger partial charge in [0.05, 0.1) is 12.2 Å². The van der Waals surface area contributed by atoms with E-state index in [1.807, 2.05) is 12.3 Å². The monoisotopic (exact) mass is 371 g/mol. The average molecular weight is 371 g/mol. The number of nitrogens with one attached hydrogen (secondary N) is 2. The van der Waals surface area contributed by atoms with E-state index in [1.54, 1.807) is 11.0 Å². The molecule has 0 unspecified atom stereocenters. The smallest absolute Gasteiger partial charge is 0.242 e. The molecule has 1 aliphatic heterocycles. The predicted molar refractivity (Wildman–Crippen MR) is 101 cm³/mol. The van der Waals surface area contributed by atoms with Crippen LogP contribution in [0, 0.1) is 0 Å². The summed E-state index contributed by atoms with van der Waals surface area (Å²) in [4.78, 5) is 12.3. The molecule has 1 saturated carbocycles.